The highest BCUT2D eigenvalue weighted by Crippen LogP contribution is 2.30. The predicted molar refractivity (Wildman–Crippen MR) is 111 cm³/mol. The molecule has 0 spiro atoms. The third-order valence-electron chi connectivity index (χ3n) is 5.10. The number of rotatable bonds is 0. The molecule has 0 radical (unpaired) electrons. The van der Waals surface area contributed by atoms with E-state index in [1.165, 1.54) is 27.1 Å². The van der Waals surface area contributed by atoms with Gasteiger partial charge in [0.2, 0.25) is 0 Å². The lowest BCUT2D eigenvalue weighted by Crippen LogP contribution is -1.92. The Morgan fingerprint density at radius 2 is 1.04 bits per heavy atom. The van der Waals surface area contributed by atoms with E-state index in [0.29, 0.717) is 0 Å². The highest BCUT2D eigenvalue weighted by molar-refractivity contribution is 6.17. The Morgan fingerprint density at radius 3 is 1.77 bits per heavy atom. The SMILES string of the molecule is Cn1c2ccccc2c2ccccc2c2cccnc2c2ccccc21. The van der Waals surface area contributed by atoms with Crippen molar-refractivity contribution in [1.29, 1.82) is 0 Å². The minimum absolute atomic E-state index is 1.02. The fourth-order valence-electron chi connectivity index (χ4n) is 3.88. The maximum Gasteiger partial charge on any atom is 0.0801 e. The fraction of sp³-hybridized carbons (Fsp3) is 0.0417. The van der Waals surface area contributed by atoms with Crippen molar-refractivity contribution in [2.24, 2.45) is 7.05 Å². The van der Waals surface area contributed by atoms with Crippen LogP contribution in [0.25, 0.3) is 43.5 Å². The van der Waals surface area contributed by atoms with Gasteiger partial charge in [-0.1, -0.05) is 66.7 Å². The van der Waals surface area contributed by atoms with Crippen LogP contribution in [0.4, 0.5) is 0 Å². The third kappa shape index (κ3) is 2.16. The minimum atomic E-state index is 1.02. The molecule has 0 saturated carbocycles. The second kappa shape index (κ2) is 5.85. The Balaban J connectivity index is 2.31. The van der Waals surface area contributed by atoms with Crippen molar-refractivity contribution in [3.05, 3.63) is 91.1 Å². The van der Waals surface area contributed by atoms with E-state index < -0.39 is 0 Å². The van der Waals surface area contributed by atoms with Gasteiger partial charge in [0, 0.05) is 34.9 Å². The molecule has 0 fully saturated rings. The number of aryl methyl sites for hydroxylation is 1. The summed E-state index contributed by atoms with van der Waals surface area (Å²) in [4.78, 5) is 4.77. The van der Waals surface area contributed by atoms with Crippen molar-refractivity contribution >= 4 is 43.5 Å². The topological polar surface area (TPSA) is 17.8 Å². The minimum Gasteiger partial charge on any atom is -0.344 e. The number of aromatic nitrogens is 2. The first-order valence-corrected chi connectivity index (χ1v) is 8.81. The van der Waals surface area contributed by atoms with Crippen LogP contribution in [-0.4, -0.2) is 9.55 Å². The lowest BCUT2D eigenvalue weighted by Gasteiger charge is -2.06. The molecule has 124 valence electrons. The van der Waals surface area contributed by atoms with Gasteiger partial charge in [0.25, 0.3) is 0 Å². The van der Waals surface area contributed by atoms with Crippen LogP contribution >= 0.6 is 0 Å². The number of nitrogens with zero attached hydrogens (tertiary/aromatic N) is 2. The van der Waals surface area contributed by atoms with Crippen LogP contribution in [0.2, 0.25) is 0 Å². The molecular formula is C24H18N2. The molecule has 2 heteroatoms. The molecule has 0 atom stereocenters. The highest BCUT2D eigenvalue weighted by atomic mass is 14.9. The quantitative estimate of drug-likeness (QED) is 0.332. The molecule has 2 heterocycles. The van der Waals surface area contributed by atoms with Crippen molar-refractivity contribution < 1.29 is 0 Å². The standard InChI is InChI=1S/C24H18N2/c1-26-22-14-6-4-11-19(22)17-9-2-3-10-18(17)20-13-8-16-25-24(20)21-12-5-7-15-23(21)26/h2-16H,1H3. The van der Waals surface area contributed by atoms with Crippen molar-refractivity contribution in [1.82, 2.24) is 9.55 Å². The molecule has 0 unspecified atom stereocenters. The van der Waals surface area contributed by atoms with E-state index in [0.717, 1.165) is 16.4 Å². The van der Waals surface area contributed by atoms with Crippen molar-refractivity contribution in [3.63, 3.8) is 0 Å². The normalized spacial score (nSPS) is 11.3. The third-order valence-corrected chi connectivity index (χ3v) is 5.10. The molecule has 0 aliphatic rings. The largest absolute Gasteiger partial charge is 0.344 e. The summed E-state index contributed by atoms with van der Waals surface area (Å²) in [6.45, 7) is 0. The summed E-state index contributed by atoms with van der Waals surface area (Å²) >= 11 is 0. The van der Waals surface area contributed by atoms with Gasteiger partial charge in [0.05, 0.1) is 11.0 Å². The van der Waals surface area contributed by atoms with Gasteiger partial charge < -0.3 is 4.57 Å². The zero-order valence-corrected chi connectivity index (χ0v) is 14.6. The number of hydrogen-bond acceptors (Lipinski definition) is 1. The van der Waals surface area contributed by atoms with Crippen LogP contribution in [0, 0.1) is 0 Å². The molecule has 0 aliphatic heterocycles. The van der Waals surface area contributed by atoms with E-state index in [1.54, 1.807) is 0 Å². The zero-order chi connectivity index (χ0) is 17.5. The van der Waals surface area contributed by atoms with Gasteiger partial charge in [-0.05, 0) is 29.0 Å². The average molecular weight is 334 g/mol. The van der Waals surface area contributed by atoms with E-state index in [1.807, 2.05) is 12.3 Å². The summed E-state index contributed by atoms with van der Waals surface area (Å²) in [6.07, 6.45) is 1.88. The summed E-state index contributed by atoms with van der Waals surface area (Å²) < 4.78 is 2.27. The molecule has 0 amide bonds. The first kappa shape index (κ1) is 14.9. The number of hydrogen-bond donors (Lipinski definition) is 0. The number of para-hydroxylation sites is 2. The van der Waals surface area contributed by atoms with Crippen LogP contribution < -0.4 is 0 Å². The summed E-state index contributed by atoms with van der Waals surface area (Å²) in [5.41, 5.74) is 3.38. The van der Waals surface area contributed by atoms with Crippen LogP contribution in [0.5, 0.6) is 0 Å². The van der Waals surface area contributed by atoms with E-state index in [9.17, 15) is 0 Å². The van der Waals surface area contributed by atoms with E-state index in [4.69, 9.17) is 4.98 Å². The molecule has 5 rings (SSSR count). The fourth-order valence-corrected chi connectivity index (χ4v) is 3.88. The predicted octanol–water partition coefficient (Wildman–Crippen LogP) is 6.16. The molecule has 3 aromatic carbocycles. The summed E-state index contributed by atoms with van der Waals surface area (Å²) in [7, 11) is 2.13. The lowest BCUT2D eigenvalue weighted by atomic mass is 10.0. The molecule has 26 heavy (non-hydrogen) atoms. The Kier molecular flexibility index (Phi) is 3.36. The Labute approximate surface area is 151 Å². The molecule has 5 aromatic rings. The summed E-state index contributed by atoms with van der Waals surface area (Å²) in [5.74, 6) is 0. The van der Waals surface area contributed by atoms with Gasteiger partial charge in [-0.15, -0.1) is 0 Å². The first-order valence-electron chi connectivity index (χ1n) is 8.81. The van der Waals surface area contributed by atoms with Gasteiger partial charge >= 0.3 is 0 Å². The Bertz CT molecular complexity index is 1240. The van der Waals surface area contributed by atoms with Crippen molar-refractivity contribution in [2.45, 2.75) is 0 Å². The van der Waals surface area contributed by atoms with E-state index >= 15 is 0 Å². The molecule has 0 saturated heterocycles. The Morgan fingerprint density at radius 1 is 0.538 bits per heavy atom. The average Bonchev–Trinajstić information content (AvgIpc) is 2.76. The lowest BCUT2D eigenvalue weighted by molar-refractivity contribution is 1.01. The number of benzene rings is 3. The van der Waals surface area contributed by atoms with Crippen molar-refractivity contribution in [2.75, 3.05) is 0 Å². The molecule has 0 aliphatic carbocycles. The van der Waals surface area contributed by atoms with Gasteiger partial charge in [-0.25, -0.2) is 0 Å². The molecule has 2 nitrogen and oxygen atoms in total. The zero-order valence-electron chi connectivity index (χ0n) is 14.6. The summed E-state index contributed by atoms with van der Waals surface area (Å²) in [5, 5.41) is 6.00. The monoisotopic (exact) mass is 334 g/mol. The van der Waals surface area contributed by atoms with Crippen LogP contribution in [-0.2, 0) is 7.05 Å². The van der Waals surface area contributed by atoms with E-state index in [-0.39, 0.29) is 0 Å². The smallest absolute Gasteiger partial charge is 0.0801 e. The van der Waals surface area contributed by atoms with Gasteiger partial charge in [0.1, 0.15) is 0 Å². The molecular weight excluding hydrogens is 316 g/mol. The van der Waals surface area contributed by atoms with Crippen LogP contribution in [0.1, 0.15) is 0 Å². The molecule has 0 bridgehead atoms. The van der Waals surface area contributed by atoms with E-state index in [2.05, 4.69) is 90.5 Å². The van der Waals surface area contributed by atoms with Crippen LogP contribution in [0.3, 0.4) is 0 Å². The van der Waals surface area contributed by atoms with Crippen LogP contribution in [0.15, 0.2) is 91.1 Å². The molecule has 2 aromatic heterocycles. The summed E-state index contributed by atoms with van der Waals surface area (Å²) in [6, 6.07) is 29.9. The van der Waals surface area contributed by atoms with Gasteiger partial charge in [-0.2, -0.15) is 0 Å². The second-order valence-electron chi connectivity index (χ2n) is 6.54. The van der Waals surface area contributed by atoms with Gasteiger partial charge in [-0.3, -0.25) is 4.98 Å². The maximum absolute atomic E-state index is 4.77. The van der Waals surface area contributed by atoms with Crippen molar-refractivity contribution in [3.8, 4) is 0 Å². The number of pyridine rings is 1. The molecule has 0 N–H and O–H groups in total. The first-order chi connectivity index (χ1) is 12.8. The second-order valence-corrected chi connectivity index (χ2v) is 6.54. The highest BCUT2D eigenvalue weighted by Gasteiger charge is 2.07. The Hall–Kier alpha value is -3.39. The maximum atomic E-state index is 4.77. The van der Waals surface area contributed by atoms with Gasteiger partial charge in [0.15, 0.2) is 0 Å². The number of fused-ring (bicyclic) bond motifs is 7.